The van der Waals surface area contributed by atoms with Crippen LogP contribution in [0.15, 0.2) is 15.9 Å². The number of hydrogen-bond donors (Lipinski definition) is 1. The number of aromatic nitrogens is 1. The molecule has 1 N–H and O–H groups in total. The summed E-state index contributed by atoms with van der Waals surface area (Å²) in [6.45, 7) is 3.97. The third kappa shape index (κ3) is 1.55. The number of nitrogens with one attached hydrogen (secondary N) is 1. The molecule has 5 heteroatoms. The van der Waals surface area contributed by atoms with E-state index in [1.807, 2.05) is 19.2 Å². The first-order valence-electron chi connectivity index (χ1n) is 4.45. The second-order valence-corrected chi connectivity index (χ2v) is 4.25. The lowest BCUT2D eigenvalue weighted by Gasteiger charge is -2.06. The topological polar surface area (TPSA) is 54.4 Å². The number of amides is 1. The average Bonchev–Trinajstić information content (AvgIpc) is 2.70. The summed E-state index contributed by atoms with van der Waals surface area (Å²) in [7, 11) is 0. The Labute approximate surface area is 86.1 Å². The summed E-state index contributed by atoms with van der Waals surface area (Å²) in [5.74, 6) is 0.809. The Kier molecular flexibility index (Phi) is 2.33. The van der Waals surface area contributed by atoms with Crippen molar-refractivity contribution in [2.24, 2.45) is 10.9 Å². The molecule has 1 aliphatic heterocycles. The van der Waals surface area contributed by atoms with Crippen LogP contribution in [0.4, 0.5) is 0 Å². The minimum atomic E-state index is -0.258. The molecule has 2 rings (SSSR count). The van der Waals surface area contributed by atoms with Crippen molar-refractivity contribution in [1.82, 2.24) is 10.3 Å². The van der Waals surface area contributed by atoms with Gasteiger partial charge in [-0.25, -0.2) is 4.98 Å². The number of hydrogen-bond acceptors (Lipinski definition) is 4. The number of thiazole rings is 1. The van der Waals surface area contributed by atoms with Crippen LogP contribution in [0.5, 0.6) is 0 Å². The van der Waals surface area contributed by atoms with Gasteiger partial charge in [-0.15, -0.1) is 11.3 Å². The molecule has 74 valence electrons. The number of amidine groups is 1. The molecule has 0 aromatic carbocycles. The Morgan fingerprint density at radius 3 is 2.86 bits per heavy atom. The number of aliphatic imine (C=N–C) groups is 1. The van der Waals surface area contributed by atoms with Gasteiger partial charge in [0.15, 0.2) is 5.84 Å². The summed E-state index contributed by atoms with van der Waals surface area (Å²) in [4.78, 5) is 19.9. The Morgan fingerprint density at radius 1 is 1.57 bits per heavy atom. The molecule has 0 spiro atoms. The van der Waals surface area contributed by atoms with Crippen LogP contribution < -0.4 is 5.32 Å². The van der Waals surface area contributed by atoms with Gasteiger partial charge in [-0.05, 0) is 5.92 Å². The molecule has 0 bridgehead atoms. The lowest BCUT2D eigenvalue weighted by Crippen LogP contribution is -2.31. The predicted octanol–water partition coefficient (Wildman–Crippen LogP) is 1.04. The largest absolute Gasteiger partial charge is 0.307 e. The monoisotopic (exact) mass is 209 g/mol. The molecule has 0 fully saturated rings. The number of rotatable bonds is 2. The van der Waals surface area contributed by atoms with Crippen molar-refractivity contribution in [3.05, 3.63) is 16.6 Å². The molecule has 0 saturated heterocycles. The molecule has 1 aliphatic rings. The van der Waals surface area contributed by atoms with Crippen molar-refractivity contribution < 1.29 is 4.79 Å². The van der Waals surface area contributed by atoms with E-state index < -0.39 is 0 Å². The fraction of sp³-hybridized carbons (Fsp3) is 0.444. The summed E-state index contributed by atoms with van der Waals surface area (Å²) in [5.41, 5.74) is 2.48. The van der Waals surface area contributed by atoms with Gasteiger partial charge in [0.05, 0.1) is 5.51 Å². The van der Waals surface area contributed by atoms with Gasteiger partial charge in [-0.1, -0.05) is 13.8 Å². The first-order chi connectivity index (χ1) is 6.68. The maximum atomic E-state index is 11.5. The molecule has 1 aromatic rings. The minimum absolute atomic E-state index is 0.0250. The van der Waals surface area contributed by atoms with Crippen LogP contribution in [0.3, 0.4) is 0 Å². The fourth-order valence-electron chi connectivity index (χ4n) is 1.33. The number of carbonyl (C=O) groups excluding carboxylic acids is 1. The van der Waals surface area contributed by atoms with Gasteiger partial charge >= 0.3 is 0 Å². The van der Waals surface area contributed by atoms with Gasteiger partial charge in [0.1, 0.15) is 11.7 Å². The molecular formula is C9H11N3OS. The molecule has 1 unspecified atom stereocenters. The highest BCUT2D eigenvalue weighted by Gasteiger charge is 2.29. The van der Waals surface area contributed by atoms with E-state index in [4.69, 9.17) is 0 Å². The van der Waals surface area contributed by atoms with Crippen LogP contribution in [0.1, 0.15) is 19.5 Å². The van der Waals surface area contributed by atoms with Crippen LogP contribution >= 0.6 is 11.3 Å². The number of nitrogens with zero attached hydrogens (tertiary/aromatic N) is 2. The van der Waals surface area contributed by atoms with E-state index in [0.29, 0.717) is 5.84 Å². The van der Waals surface area contributed by atoms with Crippen molar-refractivity contribution in [3.63, 3.8) is 0 Å². The first kappa shape index (κ1) is 9.33. The molecule has 1 aromatic heterocycles. The van der Waals surface area contributed by atoms with Crippen LogP contribution in [0.25, 0.3) is 0 Å². The third-order valence-corrected chi connectivity index (χ3v) is 2.67. The van der Waals surface area contributed by atoms with E-state index in [0.717, 1.165) is 5.69 Å². The molecule has 4 nitrogen and oxygen atoms in total. The highest BCUT2D eigenvalue weighted by Crippen LogP contribution is 2.14. The second-order valence-electron chi connectivity index (χ2n) is 3.53. The van der Waals surface area contributed by atoms with Crippen LogP contribution in [-0.4, -0.2) is 22.8 Å². The van der Waals surface area contributed by atoms with Crippen LogP contribution in [0, 0.1) is 5.92 Å². The van der Waals surface area contributed by atoms with Crippen LogP contribution in [0.2, 0.25) is 0 Å². The SMILES string of the molecule is CC(C)C1N=C(c2cscn2)NC1=O. The Hall–Kier alpha value is -1.23. The average molecular weight is 209 g/mol. The molecule has 1 atom stereocenters. The lowest BCUT2D eigenvalue weighted by atomic mass is 10.1. The zero-order valence-corrected chi connectivity index (χ0v) is 8.84. The molecule has 2 heterocycles. The molecule has 0 saturated carbocycles. The van der Waals surface area contributed by atoms with E-state index in [-0.39, 0.29) is 17.9 Å². The quantitative estimate of drug-likeness (QED) is 0.791. The maximum absolute atomic E-state index is 11.5. The summed E-state index contributed by atoms with van der Waals surface area (Å²) in [5, 5.41) is 4.62. The number of carbonyl (C=O) groups is 1. The maximum Gasteiger partial charge on any atom is 0.250 e. The Bertz CT molecular complexity index is 369. The summed E-state index contributed by atoms with van der Waals surface area (Å²) >= 11 is 1.49. The van der Waals surface area contributed by atoms with Gasteiger partial charge in [0, 0.05) is 5.38 Å². The fourth-order valence-corrected chi connectivity index (χ4v) is 1.87. The Balaban J connectivity index is 2.25. The predicted molar refractivity (Wildman–Crippen MR) is 55.4 cm³/mol. The second kappa shape index (κ2) is 3.49. The van der Waals surface area contributed by atoms with E-state index in [9.17, 15) is 4.79 Å². The lowest BCUT2D eigenvalue weighted by molar-refractivity contribution is -0.120. The van der Waals surface area contributed by atoms with E-state index in [2.05, 4.69) is 15.3 Å². The zero-order valence-electron chi connectivity index (χ0n) is 8.02. The highest BCUT2D eigenvalue weighted by molar-refractivity contribution is 7.07. The third-order valence-electron chi connectivity index (χ3n) is 2.08. The smallest absolute Gasteiger partial charge is 0.250 e. The Morgan fingerprint density at radius 2 is 2.36 bits per heavy atom. The van der Waals surface area contributed by atoms with Crippen molar-refractivity contribution in [2.45, 2.75) is 19.9 Å². The van der Waals surface area contributed by atoms with Crippen molar-refractivity contribution in [1.29, 1.82) is 0 Å². The molecule has 0 radical (unpaired) electrons. The normalized spacial score (nSPS) is 21.2. The van der Waals surface area contributed by atoms with Crippen molar-refractivity contribution in [3.8, 4) is 0 Å². The van der Waals surface area contributed by atoms with E-state index >= 15 is 0 Å². The highest BCUT2D eigenvalue weighted by atomic mass is 32.1. The van der Waals surface area contributed by atoms with Gasteiger partial charge in [-0.2, -0.15) is 0 Å². The van der Waals surface area contributed by atoms with Gasteiger partial charge in [0.25, 0.3) is 5.91 Å². The van der Waals surface area contributed by atoms with Crippen molar-refractivity contribution >= 4 is 23.1 Å². The first-order valence-corrected chi connectivity index (χ1v) is 5.40. The standard InChI is InChI=1S/C9H11N3OS/c1-5(2)7-9(13)12-8(11-7)6-3-14-4-10-6/h3-5,7H,1-2H3,(H,11,12,13). The van der Waals surface area contributed by atoms with Crippen molar-refractivity contribution in [2.75, 3.05) is 0 Å². The minimum Gasteiger partial charge on any atom is -0.307 e. The van der Waals surface area contributed by atoms with Gasteiger partial charge in [0.2, 0.25) is 0 Å². The van der Waals surface area contributed by atoms with E-state index in [1.54, 1.807) is 5.51 Å². The molecule has 0 aliphatic carbocycles. The molecule has 1 amide bonds. The molecular weight excluding hydrogens is 198 g/mol. The van der Waals surface area contributed by atoms with Crippen LogP contribution in [-0.2, 0) is 4.79 Å². The van der Waals surface area contributed by atoms with Gasteiger partial charge < -0.3 is 5.32 Å². The van der Waals surface area contributed by atoms with Gasteiger partial charge in [-0.3, -0.25) is 9.79 Å². The summed E-state index contributed by atoms with van der Waals surface area (Å²) in [6.07, 6.45) is 0. The zero-order chi connectivity index (χ0) is 10.1. The summed E-state index contributed by atoms with van der Waals surface area (Å²) < 4.78 is 0. The molecule has 14 heavy (non-hydrogen) atoms. The van der Waals surface area contributed by atoms with E-state index in [1.165, 1.54) is 11.3 Å². The summed E-state index contributed by atoms with van der Waals surface area (Å²) in [6, 6.07) is -0.258.